The second-order valence-electron chi connectivity index (χ2n) is 10.3. The average molecular weight is 560 g/mol. The lowest BCUT2D eigenvalue weighted by Crippen LogP contribution is -2.10. The van der Waals surface area contributed by atoms with E-state index in [4.69, 9.17) is 17.2 Å². The van der Waals surface area contributed by atoms with E-state index in [0.29, 0.717) is 17.3 Å². The van der Waals surface area contributed by atoms with Gasteiger partial charge in [0.25, 0.3) is 0 Å². The maximum absolute atomic E-state index is 11.9. The molecule has 0 radical (unpaired) electrons. The second-order valence-corrected chi connectivity index (χ2v) is 13.2. The minimum atomic E-state index is -0.869. The second kappa shape index (κ2) is 9.98. The van der Waals surface area contributed by atoms with Crippen LogP contribution in [0.2, 0.25) is 0 Å². The summed E-state index contributed by atoms with van der Waals surface area (Å²) in [5.41, 5.74) is 7.52. The highest BCUT2D eigenvalue weighted by Crippen LogP contribution is 2.47. The fourth-order valence-electron chi connectivity index (χ4n) is 5.89. The number of carboxylic acids is 1. The van der Waals surface area contributed by atoms with E-state index in [2.05, 4.69) is 39.9 Å². The van der Waals surface area contributed by atoms with Crippen molar-refractivity contribution in [3.8, 4) is 21.8 Å². The van der Waals surface area contributed by atoms with Crippen molar-refractivity contribution in [3.05, 3.63) is 57.5 Å². The van der Waals surface area contributed by atoms with Gasteiger partial charge in [-0.2, -0.15) is 0 Å². The van der Waals surface area contributed by atoms with Crippen LogP contribution in [0.4, 0.5) is 0 Å². The number of hydrogen-bond donors (Lipinski definition) is 1. The lowest BCUT2D eigenvalue weighted by Gasteiger charge is -2.23. The normalized spacial score (nSPS) is 14.5. The molecule has 0 atom stereocenters. The highest BCUT2D eigenvalue weighted by Gasteiger charge is 2.29. The van der Waals surface area contributed by atoms with Crippen LogP contribution < -0.4 is 0 Å². The summed E-state index contributed by atoms with van der Waals surface area (Å²) in [6.07, 6.45) is 5.95. The molecule has 5 nitrogen and oxygen atoms in total. The molecule has 0 unspecified atom stereocenters. The summed E-state index contributed by atoms with van der Waals surface area (Å²) in [5, 5.41) is 11.9. The first kappa shape index (κ1) is 25.3. The van der Waals surface area contributed by atoms with Gasteiger partial charge >= 0.3 is 5.97 Å². The summed E-state index contributed by atoms with van der Waals surface area (Å²) in [4.78, 5) is 23.8. The first-order valence-electron chi connectivity index (χ1n) is 13.0. The number of aromatic nitrogens is 3. The van der Waals surface area contributed by atoms with Crippen LogP contribution in [0.3, 0.4) is 0 Å². The topological polar surface area (TPSA) is 68.0 Å². The predicted molar refractivity (Wildman–Crippen MR) is 162 cm³/mol. The van der Waals surface area contributed by atoms with Crippen molar-refractivity contribution in [3.63, 3.8) is 0 Å². The lowest BCUT2D eigenvalue weighted by molar-refractivity contribution is 0.0702. The first-order chi connectivity index (χ1) is 18.3. The van der Waals surface area contributed by atoms with Gasteiger partial charge < -0.3 is 9.67 Å². The number of rotatable bonds is 6. The van der Waals surface area contributed by atoms with E-state index in [1.165, 1.54) is 41.9 Å². The van der Waals surface area contributed by atoms with E-state index >= 15 is 0 Å². The molecule has 4 aromatic heterocycles. The molecule has 0 spiro atoms. The van der Waals surface area contributed by atoms with Crippen molar-refractivity contribution in [2.75, 3.05) is 0 Å². The molecule has 1 saturated carbocycles. The Morgan fingerprint density at radius 3 is 2.55 bits per heavy atom. The molecule has 1 aliphatic rings. The average Bonchev–Trinajstić information content (AvgIpc) is 3.56. The SMILES string of the molecule is CC(=S)Cn1c(-c2ccc3nc(-c4sc(C)nc4C)ccc3c2)c(C2CCCCC2)c2sc(C(=O)O)cc21. The monoisotopic (exact) mass is 559 g/mol. The summed E-state index contributed by atoms with van der Waals surface area (Å²) in [6.45, 7) is 6.61. The van der Waals surface area contributed by atoms with Crippen LogP contribution in [0.25, 0.3) is 42.9 Å². The molecule has 6 rings (SSSR count). The Balaban J connectivity index is 1.55. The van der Waals surface area contributed by atoms with Gasteiger partial charge in [-0.25, -0.2) is 14.8 Å². The zero-order chi connectivity index (χ0) is 26.6. The summed E-state index contributed by atoms with van der Waals surface area (Å²) in [5.74, 6) is -0.450. The molecule has 1 fully saturated rings. The number of carboxylic acid groups (broad SMARTS) is 1. The third-order valence-electron chi connectivity index (χ3n) is 7.48. The van der Waals surface area contributed by atoms with Crippen LogP contribution >= 0.6 is 34.9 Å². The molecule has 1 aromatic carbocycles. The van der Waals surface area contributed by atoms with Crippen LogP contribution in [0.15, 0.2) is 36.4 Å². The number of thiophene rings is 1. The molecule has 0 aliphatic heterocycles. The van der Waals surface area contributed by atoms with Crippen molar-refractivity contribution < 1.29 is 9.90 Å². The number of benzene rings is 1. The number of nitrogens with zero attached hydrogens (tertiary/aromatic N) is 3. The molecule has 38 heavy (non-hydrogen) atoms. The van der Waals surface area contributed by atoms with E-state index in [1.54, 1.807) is 11.3 Å². The quantitative estimate of drug-likeness (QED) is 0.211. The minimum Gasteiger partial charge on any atom is -0.477 e. The zero-order valence-electron chi connectivity index (χ0n) is 21.7. The Hall–Kier alpha value is -2.94. The van der Waals surface area contributed by atoms with Crippen molar-refractivity contribution in [2.45, 2.75) is 65.3 Å². The Bertz CT molecular complexity index is 1720. The predicted octanol–water partition coefficient (Wildman–Crippen LogP) is 8.79. The standard InChI is InChI=1S/C30H29N3O2S3/c1-16(36)15-33-24-14-25(30(34)35)38-29(24)26(19-7-5-4-6-8-19)27(33)21-10-11-22-20(13-21)9-12-23(32-22)28-17(2)31-18(3)37-28/h9-14,19H,4-8,15H2,1-3H3,(H,34,35). The summed E-state index contributed by atoms with van der Waals surface area (Å²) in [7, 11) is 0. The van der Waals surface area contributed by atoms with Crippen molar-refractivity contribution in [1.82, 2.24) is 14.5 Å². The summed E-state index contributed by atoms with van der Waals surface area (Å²) in [6, 6.07) is 12.6. The molecule has 0 amide bonds. The van der Waals surface area contributed by atoms with Crippen LogP contribution in [0, 0.1) is 13.8 Å². The molecule has 4 heterocycles. The number of aryl methyl sites for hydroxylation is 2. The lowest BCUT2D eigenvalue weighted by atomic mass is 9.83. The van der Waals surface area contributed by atoms with Crippen LogP contribution in [-0.2, 0) is 6.54 Å². The van der Waals surface area contributed by atoms with Gasteiger partial charge in [-0.15, -0.1) is 22.7 Å². The van der Waals surface area contributed by atoms with Crippen LogP contribution in [-0.4, -0.2) is 30.5 Å². The number of carbonyl (C=O) groups is 1. The molecule has 0 bridgehead atoms. The van der Waals surface area contributed by atoms with Gasteiger partial charge in [-0.1, -0.05) is 43.6 Å². The number of thiazole rings is 1. The van der Waals surface area contributed by atoms with Gasteiger partial charge in [0.1, 0.15) is 4.88 Å². The fraction of sp³-hybridized carbons (Fsp3) is 0.333. The van der Waals surface area contributed by atoms with Gasteiger partial charge in [0.2, 0.25) is 0 Å². The molecule has 5 aromatic rings. The molecule has 1 aliphatic carbocycles. The Morgan fingerprint density at radius 2 is 1.87 bits per heavy atom. The Kier molecular flexibility index (Phi) is 6.66. The molecule has 194 valence electrons. The van der Waals surface area contributed by atoms with E-state index in [-0.39, 0.29) is 0 Å². The van der Waals surface area contributed by atoms with Crippen molar-refractivity contribution in [2.24, 2.45) is 0 Å². The third kappa shape index (κ3) is 4.48. The fourth-order valence-corrected chi connectivity index (χ4v) is 8.03. The van der Waals surface area contributed by atoms with Gasteiger partial charge in [0.15, 0.2) is 0 Å². The molecule has 8 heteroatoms. The highest BCUT2D eigenvalue weighted by atomic mass is 32.1. The van der Waals surface area contributed by atoms with Crippen molar-refractivity contribution >= 4 is 66.8 Å². The number of hydrogen-bond acceptors (Lipinski definition) is 6. The summed E-state index contributed by atoms with van der Waals surface area (Å²) >= 11 is 8.66. The maximum Gasteiger partial charge on any atom is 0.345 e. The maximum atomic E-state index is 11.9. The Labute approximate surface area is 235 Å². The number of pyridine rings is 1. The molecule has 0 saturated heterocycles. The molecule has 1 N–H and O–H groups in total. The van der Waals surface area contributed by atoms with Gasteiger partial charge in [0, 0.05) is 10.3 Å². The summed E-state index contributed by atoms with van der Waals surface area (Å²) < 4.78 is 3.36. The van der Waals surface area contributed by atoms with E-state index in [0.717, 1.165) is 65.7 Å². The smallest absolute Gasteiger partial charge is 0.345 e. The number of fused-ring (bicyclic) bond motifs is 2. The number of thiocarbonyl (C=S) groups is 1. The van der Waals surface area contributed by atoms with Crippen LogP contribution in [0.1, 0.15) is 70.9 Å². The first-order valence-corrected chi connectivity index (χ1v) is 15.1. The van der Waals surface area contributed by atoms with E-state index in [1.807, 2.05) is 26.8 Å². The zero-order valence-corrected chi connectivity index (χ0v) is 24.2. The molecular weight excluding hydrogens is 531 g/mol. The van der Waals surface area contributed by atoms with E-state index < -0.39 is 5.97 Å². The Morgan fingerprint density at radius 1 is 1.08 bits per heavy atom. The highest BCUT2D eigenvalue weighted by molar-refractivity contribution is 7.80. The largest absolute Gasteiger partial charge is 0.477 e. The molecular formula is C30H29N3O2S3. The van der Waals surface area contributed by atoms with Crippen molar-refractivity contribution in [1.29, 1.82) is 0 Å². The van der Waals surface area contributed by atoms with Crippen LogP contribution in [0.5, 0.6) is 0 Å². The van der Waals surface area contributed by atoms with Gasteiger partial charge in [0.05, 0.1) is 49.2 Å². The van der Waals surface area contributed by atoms with Gasteiger partial charge in [-0.3, -0.25) is 0 Å². The number of aromatic carboxylic acids is 1. The minimum absolute atomic E-state index is 0.387. The van der Waals surface area contributed by atoms with E-state index in [9.17, 15) is 9.90 Å². The third-order valence-corrected chi connectivity index (χ3v) is 9.85. The van der Waals surface area contributed by atoms with Gasteiger partial charge in [-0.05, 0) is 74.9 Å².